The first-order valence-corrected chi connectivity index (χ1v) is 11.3. The number of anilines is 1. The van der Waals surface area contributed by atoms with Crippen LogP contribution in [-0.4, -0.2) is 58.4 Å². The Kier molecular flexibility index (Phi) is 4.91. The highest BCUT2D eigenvalue weighted by atomic mass is 32.2. The third-order valence-corrected chi connectivity index (χ3v) is 7.54. The van der Waals surface area contributed by atoms with E-state index < -0.39 is 10.0 Å². The average Bonchev–Trinajstić information content (AvgIpc) is 3.36. The number of imidazole rings is 1. The highest BCUT2D eigenvalue weighted by Crippen LogP contribution is 2.36. The van der Waals surface area contributed by atoms with Gasteiger partial charge in [-0.2, -0.15) is 4.31 Å². The number of hydrogen-bond acceptors (Lipinski definition) is 6. The predicted octanol–water partition coefficient (Wildman–Crippen LogP) is 2.13. The number of hydrogen-bond donors (Lipinski definition) is 0. The van der Waals surface area contributed by atoms with Crippen LogP contribution in [0.1, 0.15) is 45.3 Å². The second kappa shape index (κ2) is 7.11. The van der Waals surface area contributed by atoms with Crippen molar-refractivity contribution in [3.63, 3.8) is 0 Å². The van der Waals surface area contributed by atoms with Crippen molar-refractivity contribution in [1.82, 2.24) is 23.8 Å². The third kappa shape index (κ3) is 3.41. The second-order valence-corrected chi connectivity index (χ2v) is 10.3. The Labute approximate surface area is 166 Å². The molecule has 2 aromatic rings. The van der Waals surface area contributed by atoms with Crippen molar-refractivity contribution in [2.45, 2.75) is 44.7 Å². The van der Waals surface area contributed by atoms with E-state index in [1.165, 1.54) is 0 Å². The zero-order valence-corrected chi connectivity index (χ0v) is 17.7. The van der Waals surface area contributed by atoms with Crippen LogP contribution in [0.3, 0.4) is 0 Å². The zero-order chi connectivity index (χ0) is 20.1. The van der Waals surface area contributed by atoms with Crippen LogP contribution >= 0.6 is 0 Å². The van der Waals surface area contributed by atoms with Crippen molar-refractivity contribution in [3.05, 3.63) is 30.6 Å². The molecule has 0 spiro atoms. The highest BCUT2D eigenvalue weighted by molar-refractivity contribution is 7.89. The Bertz CT molecular complexity index is 941. The summed E-state index contributed by atoms with van der Waals surface area (Å²) < 4.78 is 29.4. The molecule has 2 aromatic heterocycles. The second-order valence-electron chi connectivity index (χ2n) is 8.46. The maximum absolute atomic E-state index is 13.0. The van der Waals surface area contributed by atoms with E-state index in [1.54, 1.807) is 23.2 Å². The van der Waals surface area contributed by atoms with Crippen LogP contribution in [0, 0.1) is 11.8 Å². The fourth-order valence-electron chi connectivity index (χ4n) is 4.05. The Balaban J connectivity index is 1.46. The van der Waals surface area contributed by atoms with Gasteiger partial charge in [-0.1, -0.05) is 13.8 Å². The molecule has 4 rings (SSSR count). The van der Waals surface area contributed by atoms with Crippen LogP contribution in [-0.2, 0) is 10.0 Å². The topological polar surface area (TPSA) is 84.2 Å². The number of aromatic nitrogens is 4. The zero-order valence-electron chi connectivity index (χ0n) is 16.9. The molecule has 9 heteroatoms. The lowest BCUT2D eigenvalue weighted by atomic mass is 10.0. The van der Waals surface area contributed by atoms with E-state index >= 15 is 0 Å². The van der Waals surface area contributed by atoms with Crippen molar-refractivity contribution < 1.29 is 8.42 Å². The van der Waals surface area contributed by atoms with Gasteiger partial charge in [0.1, 0.15) is 12.1 Å². The van der Waals surface area contributed by atoms with Gasteiger partial charge >= 0.3 is 0 Å². The lowest BCUT2D eigenvalue weighted by molar-refractivity contribution is 0.450. The van der Waals surface area contributed by atoms with Crippen LogP contribution in [0.5, 0.6) is 0 Å². The van der Waals surface area contributed by atoms with Gasteiger partial charge in [0.25, 0.3) is 10.0 Å². The van der Waals surface area contributed by atoms with Gasteiger partial charge in [0.2, 0.25) is 0 Å². The van der Waals surface area contributed by atoms with Crippen LogP contribution in [0.25, 0.3) is 0 Å². The summed E-state index contributed by atoms with van der Waals surface area (Å²) in [6, 6.07) is 2.24. The van der Waals surface area contributed by atoms with E-state index in [0.29, 0.717) is 30.8 Å². The van der Waals surface area contributed by atoms with Gasteiger partial charge < -0.3 is 9.47 Å². The third-order valence-electron chi connectivity index (χ3n) is 5.82. The quantitative estimate of drug-likeness (QED) is 0.759. The molecule has 0 amide bonds. The molecule has 2 aliphatic rings. The largest absolute Gasteiger partial charge is 0.356 e. The van der Waals surface area contributed by atoms with Gasteiger partial charge in [-0.05, 0) is 31.6 Å². The molecule has 0 aliphatic carbocycles. The molecule has 2 atom stereocenters. The van der Waals surface area contributed by atoms with Crippen LogP contribution < -0.4 is 4.90 Å². The van der Waals surface area contributed by atoms with Crippen molar-refractivity contribution >= 4 is 15.8 Å². The Morgan fingerprint density at radius 3 is 2.25 bits per heavy atom. The lowest BCUT2D eigenvalue weighted by Gasteiger charge is -2.22. The molecule has 0 radical (unpaired) electrons. The summed E-state index contributed by atoms with van der Waals surface area (Å²) in [5, 5.41) is 0.149. The number of fused-ring (bicyclic) bond motifs is 1. The van der Waals surface area contributed by atoms with E-state index in [0.717, 1.165) is 24.6 Å². The van der Waals surface area contributed by atoms with E-state index in [2.05, 4.69) is 39.8 Å². The molecule has 0 bridgehead atoms. The molecule has 2 unspecified atom stereocenters. The van der Waals surface area contributed by atoms with E-state index in [9.17, 15) is 8.42 Å². The van der Waals surface area contributed by atoms with Crippen molar-refractivity contribution in [1.29, 1.82) is 0 Å². The van der Waals surface area contributed by atoms with Crippen LogP contribution in [0.4, 0.5) is 5.82 Å². The summed E-state index contributed by atoms with van der Waals surface area (Å²) in [5.41, 5.74) is 1.03. The highest BCUT2D eigenvalue weighted by Gasteiger charge is 2.45. The summed E-state index contributed by atoms with van der Waals surface area (Å²) in [6.45, 7) is 11.0. The maximum Gasteiger partial charge on any atom is 0.262 e. The van der Waals surface area contributed by atoms with Crippen molar-refractivity contribution in [3.8, 4) is 0 Å². The predicted molar refractivity (Wildman–Crippen MR) is 107 cm³/mol. The Hall–Kier alpha value is -2.00. The molecule has 2 fully saturated rings. The molecule has 0 saturated carbocycles. The van der Waals surface area contributed by atoms with Gasteiger partial charge in [-0.25, -0.2) is 23.4 Å². The minimum Gasteiger partial charge on any atom is -0.356 e. The van der Waals surface area contributed by atoms with Gasteiger partial charge in [-0.3, -0.25) is 0 Å². The summed E-state index contributed by atoms with van der Waals surface area (Å²) in [6.07, 6.45) is 4.85. The number of sulfonamides is 1. The first-order valence-electron chi connectivity index (χ1n) is 9.86. The van der Waals surface area contributed by atoms with E-state index in [-0.39, 0.29) is 11.1 Å². The minimum absolute atomic E-state index is 0.149. The van der Waals surface area contributed by atoms with Crippen LogP contribution in [0.2, 0.25) is 0 Å². The summed E-state index contributed by atoms with van der Waals surface area (Å²) in [4.78, 5) is 15.2. The Morgan fingerprint density at radius 2 is 1.68 bits per heavy atom. The van der Waals surface area contributed by atoms with Crippen LogP contribution in [0.15, 0.2) is 29.9 Å². The molecular weight excluding hydrogens is 376 g/mol. The average molecular weight is 405 g/mol. The fourth-order valence-corrected chi connectivity index (χ4v) is 5.52. The lowest BCUT2D eigenvalue weighted by Crippen LogP contribution is -2.33. The molecular formula is C19H28N6O2S. The monoisotopic (exact) mass is 404 g/mol. The SMILES string of the molecule is CC(C)c1cc(N2CC3CN(S(=O)(=O)c4cn(C(C)C)cn4)CC3C2)ncn1. The van der Waals surface area contributed by atoms with Crippen molar-refractivity contribution in [2.24, 2.45) is 11.8 Å². The molecule has 4 heterocycles. The molecule has 8 nitrogen and oxygen atoms in total. The summed E-state index contributed by atoms with van der Waals surface area (Å²) in [7, 11) is -3.54. The van der Waals surface area contributed by atoms with E-state index in [1.807, 2.05) is 18.4 Å². The molecule has 0 aromatic carbocycles. The number of nitrogens with zero attached hydrogens (tertiary/aromatic N) is 6. The van der Waals surface area contributed by atoms with E-state index in [4.69, 9.17) is 0 Å². The standard InChI is InChI=1S/C19H28N6O2S/c1-13(2)17-5-18(21-11-20-17)23-6-15-8-25(9-16(15)7-23)28(26,27)19-10-24(12-22-19)14(3)4/h5,10-16H,6-9H2,1-4H3. The molecule has 2 saturated heterocycles. The fraction of sp³-hybridized carbons (Fsp3) is 0.632. The first kappa shape index (κ1) is 19.3. The smallest absolute Gasteiger partial charge is 0.262 e. The molecule has 2 aliphatic heterocycles. The van der Waals surface area contributed by atoms with Gasteiger partial charge in [0, 0.05) is 50.2 Å². The van der Waals surface area contributed by atoms with Crippen molar-refractivity contribution in [2.75, 3.05) is 31.1 Å². The maximum atomic E-state index is 13.0. The normalized spacial score (nSPS) is 23.1. The molecule has 152 valence electrons. The molecule has 28 heavy (non-hydrogen) atoms. The van der Waals surface area contributed by atoms with Gasteiger partial charge in [-0.15, -0.1) is 0 Å². The van der Waals surface area contributed by atoms with Gasteiger partial charge in [0.15, 0.2) is 5.03 Å². The summed E-state index contributed by atoms with van der Waals surface area (Å²) in [5.74, 6) is 1.94. The minimum atomic E-state index is -3.54. The molecule has 0 N–H and O–H groups in total. The Morgan fingerprint density at radius 1 is 1.00 bits per heavy atom. The first-order chi connectivity index (χ1) is 13.3. The van der Waals surface area contributed by atoms with Gasteiger partial charge in [0.05, 0.1) is 6.33 Å². The number of rotatable bonds is 5. The summed E-state index contributed by atoms with van der Waals surface area (Å²) >= 11 is 0.